The van der Waals surface area contributed by atoms with Gasteiger partial charge < -0.3 is 20.1 Å². The average Bonchev–Trinajstić information content (AvgIpc) is 3.71. The summed E-state index contributed by atoms with van der Waals surface area (Å²) in [7, 11) is -4.42. The molecule has 0 aliphatic heterocycles. The molecule has 3 N–H and O–H groups in total. The number of carbonyl (C=O) groups excluding carboxylic acids is 2. The SMILES string of the molecule is CC/C=C\C/C=C\C/C=C\C/C=C\C/C=C\C/C=C\C/C=C\C/C=C\C/C=C\CCCCCC(=O)OC(COC(=O)CCCCCCCCCCCCCCCC/C=C\C/C=C\C/C=C\C/C=C\C/C=C\C/C=C\C/C=C\C/C=C\CC)COP(=O)(O)OCCN. The van der Waals surface area contributed by atoms with E-state index in [4.69, 9.17) is 24.3 Å². The number of rotatable bonds is 64. The zero-order valence-corrected chi connectivity index (χ0v) is 58.1. The summed E-state index contributed by atoms with van der Waals surface area (Å²) in [5.74, 6) is -0.879. The molecule has 9 nitrogen and oxygen atoms in total. The van der Waals surface area contributed by atoms with Gasteiger partial charge in [0.15, 0.2) is 6.10 Å². The van der Waals surface area contributed by atoms with Gasteiger partial charge in [-0.05, 0) is 148 Å². The summed E-state index contributed by atoms with van der Waals surface area (Å²) in [5.41, 5.74) is 5.40. The normalized spacial score (nSPS) is 14.2. The minimum Gasteiger partial charge on any atom is -0.462 e. The molecular formula is C81H128NO8P. The Hall–Kier alpha value is -5.41. The minimum atomic E-state index is -4.42. The third kappa shape index (κ3) is 73.5. The molecule has 10 heteroatoms. The van der Waals surface area contributed by atoms with Crippen LogP contribution in [0.25, 0.3) is 0 Å². The molecule has 0 radical (unpaired) electrons. The van der Waals surface area contributed by atoms with Crippen molar-refractivity contribution in [3.8, 4) is 0 Å². The monoisotopic (exact) mass is 1270 g/mol. The summed E-state index contributed by atoms with van der Waals surface area (Å²) in [5, 5.41) is 0. The van der Waals surface area contributed by atoms with Crippen LogP contribution in [0.1, 0.15) is 258 Å². The second-order valence-corrected chi connectivity index (χ2v) is 24.1. The highest BCUT2D eigenvalue weighted by Crippen LogP contribution is 2.43. The summed E-state index contributed by atoms with van der Waals surface area (Å²) < 4.78 is 33.1. The summed E-state index contributed by atoms with van der Waals surface area (Å²) in [6, 6.07) is 0. The van der Waals surface area contributed by atoms with E-state index in [1.165, 1.54) is 70.6 Å². The Morgan fingerprint density at radius 3 is 0.857 bits per heavy atom. The molecule has 510 valence electrons. The minimum absolute atomic E-state index is 0.0372. The topological polar surface area (TPSA) is 134 Å². The average molecular weight is 1270 g/mol. The molecule has 0 fully saturated rings. The second kappa shape index (κ2) is 73.6. The van der Waals surface area contributed by atoms with Gasteiger partial charge in [0.05, 0.1) is 13.2 Å². The van der Waals surface area contributed by atoms with Gasteiger partial charge in [-0.25, -0.2) is 4.57 Å². The van der Waals surface area contributed by atoms with E-state index in [-0.39, 0.29) is 32.6 Å². The maximum Gasteiger partial charge on any atom is 0.472 e. The van der Waals surface area contributed by atoms with Gasteiger partial charge in [-0.1, -0.05) is 304 Å². The third-order valence-electron chi connectivity index (χ3n) is 14.2. The first-order valence-electron chi connectivity index (χ1n) is 35.6. The fraction of sp³-hybridized carbons (Fsp3) is 0.556. The van der Waals surface area contributed by atoms with Gasteiger partial charge in [0.25, 0.3) is 0 Å². The summed E-state index contributed by atoms with van der Waals surface area (Å²) in [4.78, 5) is 35.4. The highest BCUT2D eigenvalue weighted by atomic mass is 31.2. The van der Waals surface area contributed by atoms with Crippen molar-refractivity contribution in [1.29, 1.82) is 0 Å². The lowest BCUT2D eigenvalue weighted by Crippen LogP contribution is -2.29. The Kier molecular flexibility index (Phi) is 69.3. The van der Waals surface area contributed by atoms with Crippen LogP contribution in [0.3, 0.4) is 0 Å². The van der Waals surface area contributed by atoms with E-state index in [9.17, 15) is 19.0 Å². The largest absolute Gasteiger partial charge is 0.472 e. The predicted molar refractivity (Wildman–Crippen MR) is 394 cm³/mol. The number of hydrogen-bond donors (Lipinski definition) is 2. The van der Waals surface area contributed by atoms with Gasteiger partial charge in [-0.3, -0.25) is 18.6 Å². The molecule has 0 bridgehead atoms. The van der Waals surface area contributed by atoms with E-state index in [0.717, 1.165) is 154 Å². The fourth-order valence-electron chi connectivity index (χ4n) is 9.00. The molecule has 91 heavy (non-hydrogen) atoms. The number of nitrogens with two attached hydrogens (primary N) is 1. The van der Waals surface area contributed by atoms with Gasteiger partial charge in [0.2, 0.25) is 0 Å². The van der Waals surface area contributed by atoms with Crippen LogP contribution in [0, 0.1) is 0 Å². The summed E-state index contributed by atoms with van der Waals surface area (Å²) in [6.07, 6.45) is 113. The number of allylic oxidation sites excluding steroid dienone is 34. The first-order valence-corrected chi connectivity index (χ1v) is 37.1. The molecule has 0 aromatic rings. The summed E-state index contributed by atoms with van der Waals surface area (Å²) in [6.45, 7) is 3.46. The lowest BCUT2D eigenvalue weighted by Gasteiger charge is -2.19. The lowest BCUT2D eigenvalue weighted by atomic mass is 10.0. The number of phosphoric acid groups is 1. The number of carbonyl (C=O) groups is 2. The number of esters is 2. The van der Waals surface area contributed by atoms with Gasteiger partial charge >= 0.3 is 19.8 Å². The van der Waals surface area contributed by atoms with Crippen LogP contribution in [0.5, 0.6) is 0 Å². The van der Waals surface area contributed by atoms with Crippen LogP contribution in [-0.2, 0) is 32.7 Å². The molecule has 0 aliphatic rings. The molecule has 0 saturated heterocycles. The molecule has 0 spiro atoms. The van der Waals surface area contributed by atoms with E-state index >= 15 is 0 Å². The molecule has 0 aliphatic carbocycles. The molecular weight excluding hydrogens is 1150 g/mol. The number of hydrogen-bond acceptors (Lipinski definition) is 8. The molecule has 0 heterocycles. The Labute approximate surface area is 557 Å². The quantitative estimate of drug-likeness (QED) is 0.0264. The number of ether oxygens (including phenoxy) is 2. The zero-order valence-electron chi connectivity index (χ0n) is 57.2. The molecule has 2 atom stereocenters. The smallest absolute Gasteiger partial charge is 0.462 e. The van der Waals surface area contributed by atoms with Gasteiger partial charge in [-0.2, -0.15) is 0 Å². The van der Waals surface area contributed by atoms with Crippen LogP contribution in [0.15, 0.2) is 207 Å². The van der Waals surface area contributed by atoms with Crippen LogP contribution >= 0.6 is 7.82 Å². The van der Waals surface area contributed by atoms with Crippen molar-refractivity contribution in [2.75, 3.05) is 26.4 Å². The Morgan fingerprint density at radius 1 is 0.330 bits per heavy atom. The maximum absolute atomic E-state index is 12.8. The van der Waals surface area contributed by atoms with Gasteiger partial charge in [0.1, 0.15) is 6.61 Å². The standard InChI is InChI=1S/C81H128NO8P/c1-3-5-7-9-11-13-15-17-19-21-23-25-27-29-31-33-35-36-37-38-39-40-41-42-44-45-47-49-51-53-55-57-59-61-63-65-67-69-71-73-80(83)87-77-79(78-89-91(85,86)88-76-75-82)90-81(84)74-72-70-68-66-64-62-60-58-56-54-52-50-48-46-43-34-32-30-28-26-24-22-20-18-16-14-12-10-8-6-4-2/h5-8,11-14,17-20,23-26,29-32,35-36,38-39,41-43,46,50,52,56,58,62,64,79H,3-4,9-10,15-16,21-22,27-28,33-34,37,40,44-45,47-49,51,53-55,57,59-61,63,65-78,82H2,1-2H3,(H,85,86)/b7-5-,8-6-,13-11-,14-12-,19-17-,20-18-,25-23-,26-24-,31-29-,32-30-,36-35-,39-38-,42-41-,46-43-,52-50-,58-56-,64-62-. The Bertz CT molecular complexity index is 2250. The van der Waals surface area contributed by atoms with Gasteiger partial charge in [-0.15, -0.1) is 0 Å². The van der Waals surface area contributed by atoms with Crippen LogP contribution in [0.4, 0.5) is 0 Å². The number of unbranched alkanes of at least 4 members (excludes halogenated alkanes) is 17. The van der Waals surface area contributed by atoms with Crippen molar-refractivity contribution in [3.63, 3.8) is 0 Å². The van der Waals surface area contributed by atoms with Crippen molar-refractivity contribution in [2.45, 2.75) is 264 Å². The van der Waals surface area contributed by atoms with E-state index in [2.05, 4.69) is 220 Å². The molecule has 0 aromatic carbocycles. The van der Waals surface area contributed by atoms with E-state index in [1.807, 2.05) is 0 Å². The maximum atomic E-state index is 12.8. The van der Waals surface area contributed by atoms with Crippen molar-refractivity contribution >= 4 is 19.8 Å². The molecule has 2 unspecified atom stereocenters. The molecule has 0 rings (SSSR count). The predicted octanol–water partition coefficient (Wildman–Crippen LogP) is 23.9. The number of phosphoric ester groups is 1. The third-order valence-corrected chi connectivity index (χ3v) is 15.1. The van der Waals surface area contributed by atoms with Crippen molar-refractivity contribution < 1.29 is 37.6 Å². The van der Waals surface area contributed by atoms with E-state index < -0.39 is 32.5 Å². The Balaban J connectivity index is 4.00. The first-order chi connectivity index (χ1) is 44.8. The molecule has 0 saturated carbocycles. The highest BCUT2D eigenvalue weighted by molar-refractivity contribution is 7.47. The van der Waals surface area contributed by atoms with Crippen LogP contribution < -0.4 is 5.73 Å². The second-order valence-electron chi connectivity index (χ2n) is 22.6. The molecule has 0 aromatic heterocycles. The fourth-order valence-corrected chi connectivity index (χ4v) is 9.76. The lowest BCUT2D eigenvalue weighted by molar-refractivity contribution is -0.161. The highest BCUT2D eigenvalue weighted by Gasteiger charge is 2.26. The van der Waals surface area contributed by atoms with Crippen LogP contribution in [-0.4, -0.2) is 49.3 Å². The van der Waals surface area contributed by atoms with Gasteiger partial charge in [0, 0.05) is 19.4 Å². The Morgan fingerprint density at radius 2 is 0.571 bits per heavy atom. The first kappa shape index (κ1) is 85.6. The van der Waals surface area contributed by atoms with Crippen molar-refractivity contribution in [2.24, 2.45) is 5.73 Å². The van der Waals surface area contributed by atoms with E-state index in [1.54, 1.807) is 0 Å². The van der Waals surface area contributed by atoms with E-state index in [0.29, 0.717) is 6.42 Å². The van der Waals surface area contributed by atoms with Crippen molar-refractivity contribution in [1.82, 2.24) is 0 Å². The summed E-state index contributed by atoms with van der Waals surface area (Å²) >= 11 is 0. The van der Waals surface area contributed by atoms with Crippen LogP contribution in [0.2, 0.25) is 0 Å². The molecule has 0 amide bonds. The zero-order chi connectivity index (χ0) is 65.8. The van der Waals surface area contributed by atoms with Crippen molar-refractivity contribution in [3.05, 3.63) is 207 Å².